The van der Waals surface area contributed by atoms with Crippen LogP contribution in [-0.2, 0) is 20.8 Å². The number of halogens is 1. The fourth-order valence-corrected chi connectivity index (χ4v) is 5.20. The Kier molecular flexibility index (Phi) is 9.30. The van der Waals surface area contributed by atoms with Crippen LogP contribution in [0.1, 0.15) is 50.7 Å². The molecule has 1 aliphatic heterocycles. The number of carbonyl (C=O) groups excluding carboxylic acids is 3. The SMILES string of the molecule is CC1(C)NCCOc2ccccc2/C=C\CNC(=O)[C@H](Cc2cccc(Cl)c2)NC(=O)C2(CCCC2)NC1=O. The number of amides is 3. The van der Waals surface area contributed by atoms with Crippen LogP contribution in [0, 0.1) is 0 Å². The normalized spacial score (nSPS) is 22.8. The van der Waals surface area contributed by atoms with Gasteiger partial charge in [0.25, 0.3) is 0 Å². The lowest BCUT2D eigenvalue weighted by molar-refractivity contribution is -0.137. The maximum atomic E-state index is 13.8. The average molecular weight is 553 g/mol. The summed E-state index contributed by atoms with van der Waals surface area (Å²) in [5, 5.41) is 12.7. The zero-order valence-corrected chi connectivity index (χ0v) is 23.3. The highest BCUT2D eigenvalue weighted by atomic mass is 35.5. The van der Waals surface area contributed by atoms with E-state index >= 15 is 0 Å². The molecule has 2 aromatic rings. The molecule has 1 spiro atoms. The zero-order valence-electron chi connectivity index (χ0n) is 22.5. The highest BCUT2D eigenvalue weighted by Gasteiger charge is 2.45. The van der Waals surface area contributed by atoms with Crippen LogP contribution in [0.3, 0.4) is 0 Å². The monoisotopic (exact) mass is 552 g/mol. The van der Waals surface area contributed by atoms with Crippen molar-refractivity contribution in [1.82, 2.24) is 21.3 Å². The predicted molar refractivity (Wildman–Crippen MR) is 152 cm³/mol. The van der Waals surface area contributed by atoms with Gasteiger partial charge in [-0.1, -0.05) is 66.9 Å². The standard InChI is InChI=1S/C30H37ClN4O4/c1-29(2)27(37)35-30(14-5-6-15-30)28(38)34-24(20-21-9-7-12-23(31)19-21)26(36)32-16-8-11-22-10-3-4-13-25(22)39-18-17-33-29/h3-4,7-13,19,24,33H,5-6,14-18,20H2,1-2H3,(H,32,36)(H,34,38)(H,35,37)/b11-8-/t24-/m0/s1. The Morgan fingerprint density at radius 3 is 2.54 bits per heavy atom. The minimum absolute atomic E-state index is 0.260. The highest BCUT2D eigenvalue weighted by Crippen LogP contribution is 2.31. The second-order valence-electron chi connectivity index (χ2n) is 10.7. The number of carbonyl (C=O) groups is 3. The Hall–Kier alpha value is -3.36. The van der Waals surface area contributed by atoms with E-state index in [1.807, 2.05) is 48.6 Å². The van der Waals surface area contributed by atoms with Crippen LogP contribution in [0.4, 0.5) is 0 Å². The lowest BCUT2D eigenvalue weighted by atomic mass is 9.92. The van der Waals surface area contributed by atoms with E-state index in [-0.39, 0.29) is 30.7 Å². The Morgan fingerprint density at radius 2 is 1.77 bits per heavy atom. The van der Waals surface area contributed by atoms with Gasteiger partial charge in [0.1, 0.15) is 23.9 Å². The van der Waals surface area contributed by atoms with E-state index in [0.29, 0.717) is 36.8 Å². The minimum atomic E-state index is -1.08. The molecular weight excluding hydrogens is 516 g/mol. The third-order valence-electron chi connectivity index (χ3n) is 7.30. The molecule has 1 fully saturated rings. The first kappa shape index (κ1) is 28.6. The summed E-state index contributed by atoms with van der Waals surface area (Å²) in [6.07, 6.45) is 6.64. The zero-order chi connectivity index (χ0) is 27.9. The molecule has 4 rings (SSSR count). The number of hydrogen-bond acceptors (Lipinski definition) is 5. The van der Waals surface area contributed by atoms with Crippen molar-refractivity contribution in [3.8, 4) is 5.75 Å². The van der Waals surface area contributed by atoms with Crippen LogP contribution in [-0.4, -0.2) is 54.5 Å². The molecule has 2 aromatic carbocycles. The lowest BCUT2D eigenvalue weighted by Crippen LogP contribution is -2.65. The molecule has 1 atom stereocenters. The number of nitrogens with one attached hydrogen (secondary N) is 4. The van der Waals surface area contributed by atoms with E-state index in [2.05, 4.69) is 21.3 Å². The van der Waals surface area contributed by atoms with Gasteiger partial charge in [-0.15, -0.1) is 0 Å². The molecule has 2 aliphatic rings. The molecule has 0 saturated heterocycles. The number of fused-ring (bicyclic) bond motifs is 1. The molecule has 0 unspecified atom stereocenters. The van der Waals surface area contributed by atoms with Gasteiger partial charge in [0.05, 0.1) is 5.54 Å². The van der Waals surface area contributed by atoms with Gasteiger partial charge in [-0.05, 0) is 50.5 Å². The smallest absolute Gasteiger partial charge is 0.246 e. The number of hydrogen-bond donors (Lipinski definition) is 4. The first-order valence-electron chi connectivity index (χ1n) is 13.5. The maximum absolute atomic E-state index is 13.8. The quantitative estimate of drug-likeness (QED) is 0.457. The van der Waals surface area contributed by atoms with Crippen LogP contribution >= 0.6 is 11.6 Å². The molecule has 1 saturated carbocycles. The van der Waals surface area contributed by atoms with Crippen LogP contribution in [0.25, 0.3) is 6.08 Å². The van der Waals surface area contributed by atoms with E-state index in [9.17, 15) is 14.4 Å². The summed E-state index contributed by atoms with van der Waals surface area (Å²) in [6.45, 7) is 4.64. The molecule has 9 heteroatoms. The minimum Gasteiger partial charge on any atom is -0.492 e. The Balaban J connectivity index is 1.63. The molecule has 0 radical (unpaired) electrons. The molecule has 3 amide bonds. The topological polar surface area (TPSA) is 109 Å². The summed E-state index contributed by atoms with van der Waals surface area (Å²) in [6, 6.07) is 14.0. The molecule has 39 heavy (non-hydrogen) atoms. The lowest BCUT2D eigenvalue weighted by Gasteiger charge is -2.35. The summed E-state index contributed by atoms with van der Waals surface area (Å²) < 4.78 is 5.98. The largest absolute Gasteiger partial charge is 0.492 e. The molecule has 8 nitrogen and oxygen atoms in total. The van der Waals surface area contributed by atoms with Crippen LogP contribution < -0.4 is 26.0 Å². The Labute approximate surface area is 234 Å². The summed E-state index contributed by atoms with van der Waals surface area (Å²) in [5.74, 6) is -0.235. The summed E-state index contributed by atoms with van der Waals surface area (Å²) in [7, 11) is 0. The van der Waals surface area contributed by atoms with Crippen LogP contribution in [0.15, 0.2) is 54.6 Å². The molecule has 1 aliphatic carbocycles. The van der Waals surface area contributed by atoms with Gasteiger partial charge in [-0.3, -0.25) is 14.4 Å². The van der Waals surface area contributed by atoms with Crippen molar-refractivity contribution in [2.45, 2.75) is 63.1 Å². The van der Waals surface area contributed by atoms with E-state index in [1.165, 1.54) is 0 Å². The molecular formula is C30H37ClN4O4. The second kappa shape index (κ2) is 12.7. The molecule has 208 valence electrons. The first-order chi connectivity index (χ1) is 18.7. The van der Waals surface area contributed by atoms with E-state index in [1.54, 1.807) is 26.0 Å². The van der Waals surface area contributed by atoms with E-state index < -0.39 is 17.1 Å². The predicted octanol–water partition coefficient (Wildman–Crippen LogP) is 3.39. The van der Waals surface area contributed by atoms with Crippen LogP contribution in [0.2, 0.25) is 5.02 Å². The van der Waals surface area contributed by atoms with Gasteiger partial charge in [-0.2, -0.15) is 0 Å². The third kappa shape index (κ3) is 7.40. The molecule has 0 aromatic heterocycles. The number of rotatable bonds is 2. The molecule has 0 bridgehead atoms. The van der Waals surface area contributed by atoms with Crippen molar-refractivity contribution in [2.75, 3.05) is 19.7 Å². The third-order valence-corrected chi connectivity index (χ3v) is 7.54. The van der Waals surface area contributed by atoms with E-state index in [0.717, 1.165) is 24.0 Å². The molecule has 4 N–H and O–H groups in total. The fraction of sp³-hybridized carbons (Fsp3) is 0.433. The van der Waals surface area contributed by atoms with Crippen molar-refractivity contribution in [2.24, 2.45) is 0 Å². The van der Waals surface area contributed by atoms with Crippen molar-refractivity contribution in [1.29, 1.82) is 0 Å². The highest BCUT2D eigenvalue weighted by molar-refractivity contribution is 6.30. The fourth-order valence-electron chi connectivity index (χ4n) is 4.99. The second-order valence-corrected chi connectivity index (χ2v) is 11.1. The number of para-hydroxylation sites is 1. The van der Waals surface area contributed by atoms with Gasteiger partial charge in [-0.25, -0.2) is 0 Å². The maximum Gasteiger partial charge on any atom is 0.246 e. The molecule has 1 heterocycles. The summed E-state index contributed by atoms with van der Waals surface area (Å²) in [5.41, 5.74) is -0.330. The van der Waals surface area contributed by atoms with Crippen molar-refractivity contribution in [3.05, 3.63) is 70.8 Å². The number of ether oxygens (including phenoxy) is 1. The summed E-state index contributed by atoms with van der Waals surface area (Å²) in [4.78, 5) is 40.5. The van der Waals surface area contributed by atoms with Gasteiger partial charge < -0.3 is 26.0 Å². The van der Waals surface area contributed by atoms with Crippen molar-refractivity contribution < 1.29 is 19.1 Å². The van der Waals surface area contributed by atoms with Crippen molar-refractivity contribution >= 4 is 35.4 Å². The average Bonchev–Trinajstić information content (AvgIpc) is 3.38. The summed E-state index contributed by atoms with van der Waals surface area (Å²) >= 11 is 6.18. The van der Waals surface area contributed by atoms with Gasteiger partial charge >= 0.3 is 0 Å². The van der Waals surface area contributed by atoms with Crippen molar-refractivity contribution in [3.63, 3.8) is 0 Å². The van der Waals surface area contributed by atoms with Gasteiger partial charge in [0.2, 0.25) is 17.7 Å². The van der Waals surface area contributed by atoms with Gasteiger partial charge in [0.15, 0.2) is 0 Å². The Bertz CT molecular complexity index is 1220. The number of benzene rings is 2. The van der Waals surface area contributed by atoms with Gasteiger partial charge in [0, 0.05) is 30.1 Å². The van der Waals surface area contributed by atoms with Crippen LogP contribution in [0.5, 0.6) is 5.75 Å². The Morgan fingerprint density at radius 1 is 1.00 bits per heavy atom. The van der Waals surface area contributed by atoms with E-state index in [4.69, 9.17) is 16.3 Å². The first-order valence-corrected chi connectivity index (χ1v) is 13.9.